The van der Waals surface area contributed by atoms with Crippen LogP contribution in [0.2, 0.25) is 0 Å². The molecule has 25 heavy (non-hydrogen) atoms. The molecule has 5 heteroatoms. The Balaban J connectivity index is 1.71. The molecular weight excluding hydrogens is 316 g/mol. The highest BCUT2D eigenvalue weighted by Gasteiger charge is 2.33. The Labute approximate surface area is 147 Å². The van der Waals surface area contributed by atoms with Gasteiger partial charge in [0.15, 0.2) is 0 Å². The zero-order chi connectivity index (χ0) is 17.8. The summed E-state index contributed by atoms with van der Waals surface area (Å²) in [6, 6.07) is 16.0. The van der Waals surface area contributed by atoms with E-state index in [0.29, 0.717) is 12.3 Å². The minimum absolute atomic E-state index is 0.0522. The Bertz CT molecular complexity index is 759. The van der Waals surface area contributed by atoms with E-state index in [0.717, 1.165) is 17.7 Å². The number of hydrogen-bond donors (Lipinski definition) is 1. The number of nitrogens with one attached hydrogen (secondary N) is 1. The van der Waals surface area contributed by atoms with Gasteiger partial charge in [0.05, 0.1) is 0 Å². The van der Waals surface area contributed by atoms with E-state index in [2.05, 4.69) is 5.32 Å². The molecule has 1 heterocycles. The summed E-state index contributed by atoms with van der Waals surface area (Å²) in [5.41, 5.74) is 2.08. The second kappa shape index (κ2) is 7.38. The Kier molecular flexibility index (Phi) is 5.03. The molecule has 0 spiro atoms. The average Bonchev–Trinajstić information content (AvgIpc) is 3.04. The lowest BCUT2D eigenvalue weighted by molar-refractivity contribution is -0.121. The highest BCUT2D eigenvalue weighted by atomic mass is 16.6. The number of benzene rings is 2. The summed E-state index contributed by atoms with van der Waals surface area (Å²) >= 11 is 0. The first-order valence-corrected chi connectivity index (χ1v) is 8.49. The molecule has 1 aliphatic heterocycles. The number of amides is 2. The van der Waals surface area contributed by atoms with E-state index in [1.165, 1.54) is 0 Å². The number of rotatable bonds is 4. The molecule has 0 saturated carbocycles. The van der Waals surface area contributed by atoms with Crippen molar-refractivity contribution < 1.29 is 14.3 Å². The topological polar surface area (TPSA) is 58.6 Å². The minimum atomic E-state index is -0.637. The fraction of sp³-hybridized carbons (Fsp3) is 0.300. The van der Waals surface area contributed by atoms with Crippen LogP contribution < -0.4 is 15.0 Å². The maximum Gasteiger partial charge on any atom is 0.413 e. The molecule has 0 aliphatic carbocycles. The highest BCUT2D eigenvalue weighted by molar-refractivity contribution is 6.00. The van der Waals surface area contributed by atoms with Gasteiger partial charge in [-0.2, -0.15) is 0 Å². The van der Waals surface area contributed by atoms with E-state index >= 15 is 0 Å². The summed E-state index contributed by atoms with van der Waals surface area (Å²) in [7, 11) is 0. The van der Waals surface area contributed by atoms with Gasteiger partial charge in [-0.05, 0) is 36.1 Å². The standard InChI is InChI=1S/C20H22N2O3/c1-14(2)18(21-20(24)25-16-9-4-3-5-10-16)19(23)22-13-12-15-8-6-7-11-17(15)22/h3-11,14,18H,12-13H2,1-2H3,(H,21,24)/t18-/m0/s1. The molecule has 0 unspecified atom stereocenters. The van der Waals surface area contributed by atoms with Gasteiger partial charge in [-0.25, -0.2) is 4.79 Å². The lowest BCUT2D eigenvalue weighted by Crippen LogP contribution is -2.51. The monoisotopic (exact) mass is 338 g/mol. The SMILES string of the molecule is CC(C)[C@H](NC(=O)Oc1ccccc1)C(=O)N1CCc2ccccc21. The van der Waals surface area contributed by atoms with Gasteiger partial charge in [-0.1, -0.05) is 50.2 Å². The number of carbonyl (C=O) groups excluding carboxylic acids is 2. The number of para-hydroxylation sites is 2. The number of hydrogen-bond acceptors (Lipinski definition) is 3. The Morgan fingerprint density at radius 3 is 2.44 bits per heavy atom. The van der Waals surface area contributed by atoms with Crippen molar-refractivity contribution in [3.63, 3.8) is 0 Å². The van der Waals surface area contributed by atoms with Crippen LogP contribution in [0.15, 0.2) is 54.6 Å². The molecule has 2 aromatic carbocycles. The summed E-state index contributed by atoms with van der Waals surface area (Å²) in [6.07, 6.45) is 0.215. The Morgan fingerprint density at radius 1 is 1.04 bits per heavy atom. The molecular formula is C20H22N2O3. The molecule has 0 bridgehead atoms. The minimum Gasteiger partial charge on any atom is -0.410 e. The van der Waals surface area contributed by atoms with E-state index in [4.69, 9.17) is 4.74 Å². The van der Waals surface area contributed by atoms with E-state index in [9.17, 15) is 9.59 Å². The van der Waals surface area contributed by atoms with Crippen LogP contribution in [-0.4, -0.2) is 24.6 Å². The molecule has 0 aromatic heterocycles. The maximum atomic E-state index is 13.0. The van der Waals surface area contributed by atoms with E-state index in [1.54, 1.807) is 29.2 Å². The second-order valence-electron chi connectivity index (χ2n) is 6.44. The Hall–Kier alpha value is -2.82. The van der Waals surface area contributed by atoms with E-state index in [-0.39, 0.29) is 11.8 Å². The fourth-order valence-corrected chi connectivity index (χ4v) is 3.00. The van der Waals surface area contributed by atoms with Crippen LogP contribution >= 0.6 is 0 Å². The fourth-order valence-electron chi connectivity index (χ4n) is 3.00. The van der Waals surface area contributed by atoms with Crippen LogP contribution in [-0.2, 0) is 11.2 Å². The van der Waals surface area contributed by atoms with Gasteiger partial charge in [0.1, 0.15) is 11.8 Å². The molecule has 0 fully saturated rings. The lowest BCUT2D eigenvalue weighted by Gasteiger charge is -2.27. The normalized spacial score (nSPS) is 14.1. The smallest absolute Gasteiger partial charge is 0.410 e. The van der Waals surface area contributed by atoms with Crippen LogP contribution in [0.3, 0.4) is 0 Å². The molecule has 1 aliphatic rings. The van der Waals surface area contributed by atoms with Crippen LogP contribution in [0.1, 0.15) is 19.4 Å². The van der Waals surface area contributed by atoms with Crippen molar-refractivity contribution in [2.24, 2.45) is 5.92 Å². The van der Waals surface area contributed by atoms with Gasteiger partial charge < -0.3 is 15.0 Å². The number of carbonyl (C=O) groups is 2. The van der Waals surface area contributed by atoms with Crippen LogP contribution in [0.4, 0.5) is 10.5 Å². The van der Waals surface area contributed by atoms with Crippen molar-refractivity contribution in [2.75, 3.05) is 11.4 Å². The zero-order valence-electron chi connectivity index (χ0n) is 14.4. The lowest BCUT2D eigenvalue weighted by atomic mass is 10.0. The first-order chi connectivity index (χ1) is 12.1. The van der Waals surface area contributed by atoms with Crippen molar-refractivity contribution in [3.05, 3.63) is 60.2 Å². The van der Waals surface area contributed by atoms with Gasteiger partial charge in [0.2, 0.25) is 5.91 Å². The third-order valence-electron chi connectivity index (χ3n) is 4.31. The Morgan fingerprint density at radius 2 is 1.72 bits per heavy atom. The second-order valence-corrected chi connectivity index (χ2v) is 6.44. The summed E-state index contributed by atoms with van der Waals surface area (Å²) in [5, 5.41) is 2.72. The van der Waals surface area contributed by atoms with Gasteiger partial charge in [0, 0.05) is 12.2 Å². The first kappa shape index (κ1) is 17.0. The summed E-state index contributed by atoms with van der Waals surface area (Å²) in [5.74, 6) is 0.287. The molecule has 1 atom stereocenters. The predicted molar refractivity (Wildman–Crippen MR) is 96.7 cm³/mol. The predicted octanol–water partition coefficient (Wildman–Crippen LogP) is 3.39. The number of fused-ring (bicyclic) bond motifs is 1. The summed E-state index contributed by atoms with van der Waals surface area (Å²) < 4.78 is 5.26. The number of ether oxygens (including phenoxy) is 1. The molecule has 3 rings (SSSR count). The van der Waals surface area contributed by atoms with Crippen molar-refractivity contribution in [1.82, 2.24) is 5.32 Å². The van der Waals surface area contributed by atoms with E-state index in [1.807, 2.05) is 44.2 Å². The van der Waals surface area contributed by atoms with Crippen molar-refractivity contribution in [2.45, 2.75) is 26.3 Å². The summed E-state index contributed by atoms with van der Waals surface area (Å²) in [6.45, 7) is 4.46. The maximum absolute atomic E-state index is 13.0. The van der Waals surface area contributed by atoms with Crippen LogP contribution in [0.25, 0.3) is 0 Å². The van der Waals surface area contributed by atoms with Gasteiger partial charge in [-0.15, -0.1) is 0 Å². The molecule has 2 amide bonds. The average molecular weight is 338 g/mol. The van der Waals surface area contributed by atoms with Gasteiger partial charge in [0.25, 0.3) is 0 Å². The molecule has 2 aromatic rings. The third kappa shape index (κ3) is 3.82. The van der Waals surface area contributed by atoms with Crippen molar-refractivity contribution >= 4 is 17.7 Å². The van der Waals surface area contributed by atoms with E-state index < -0.39 is 12.1 Å². The highest BCUT2D eigenvalue weighted by Crippen LogP contribution is 2.28. The number of anilines is 1. The van der Waals surface area contributed by atoms with Crippen LogP contribution in [0.5, 0.6) is 5.75 Å². The quantitative estimate of drug-likeness (QED) is 0.930. The van der Waals surface area contributed by atoms with Gasteiger partial charge >= 0.3 is 6.09 Å². The first-order valence-electron chi connectivity index (χ1n) is 8.49. The molecule has 1 N–H and O–H groups in total. The van der Waals surface area contributed by atoms with Crippen molar-refractivity contribution in [3.8, 4) is 5.75 Å². The van der Waals surface area contributed by atoms with Crippen molar-refractivity contribution in [1.29, 1.82) is 0 Å². The molecule has 0 saturated heterocycles. The molecule has 0 radical (unpaired) electrons. The van der Waals surface area contributed by atoms with Crippen LogP contribution in [0, 0.1) is 5.92 Å². The zero-order valence-corrected chi connectivity index (χ0v) is 14.4. The molecule has 5 nitrogen and oxygen atoms in total. The molecule has 130 valence electrons. The largest absolute Gasteiger partial charge is 0.413 e. The van der Waals surface area contributed by atoms with Gasteiger partial charge in [-0.3, -0.25) is 4.79 Å². The third-order valence-corrected chi connectivity index (χ3v) is 4.31. The summed E-state index contributed by atoms with van der Waals surface area (Å²) in [4.78, 5) is 26.9. The number of nitrogens with zero attached hydrogens (tertiary/aromatic N) is 1.